The highest BCUT2D eigenvalue weighted by Gasteiger charge is 2.54. The number of rotatable bonds is 3. The molecule has 2 heterocycles. The van der Waals surface area contributed by atoms with Crippen molar-refractivity contribution in [3.8, 4) is 0 Å². The molecule has 4 unspecified atom stereocenters. The fraction of sp³-hybridized carbons (Fsp3) is 0.400. The van der Waals surface area contributed by atoms with Crippen molar-refractivity contribution in [3.05, 3.63) is 60.2 Å². The van der Waals surface area contributed by atoms with Crippen LogP contribution in [0, 0.1) is 11.8 Å². The number of thioether (sulfide) groups is 1. The quantitative estimate of drug-likeness (QED) is 0.869. The molecule has 3 nitrogen and oxygen atoms in total. The van der Waals surface area contributed by atoms with Gasteiger partial charge < -0.3 is 5.32 Å². The topological polar surface area (TPSA) is 41.5 Å². The van der Waals surface area contributed by atoms with Crippen molar-refractivity contribution < 1.29 is 4.79 Å². The fourth-order valence-electron chi connectivity index (χ4n) is 4.07. The molecule has 4 atom stereocenters. The Balaban J connectivity index is 0.00000182. The Morgan fingerprint density at radius 1 is 1.32 bits per heavy atom. The molecule has 1 aliphatic carbocycles. The Morgan fingerprint density at radius 3 is 2.92 bits per heavy atom. The Kier molecular flexibility index (Phi) is 5.40. The molecule has 1 aromatic carbocycles. The van der Waals surface area contributed by atoms with Gasteiger partial charge in [-0.05, 0) is 30.9 Å². The second-order valence-electron chi connectivity index (χ2n) is 6.73. The summed E-state index contributed by atoms with van der Waals surface area (Å²) in [6.07, 6.45) is 9.53. The van der Waals surface area contributed by atoms with Crippen LogP contribution in [0.3, 0.4) is 0 Å². The van der Waals surface area contributed by atoms with E-state index in [-0.39, 0.29) is 35.0 Å². The average Bonchev–Trinajstić information content (AvgIpc) is 3.00. The molecule has 4 rings (SSSR count). The lowest BCUT2D eigenvalue weighted by atomic mass is 9.74. The molecule has 0 saturated carbocycles. The van der Waals surface area contributed by atoms with Crippen LogP contribution in [0.5, 0.6) is 0 Å². The van der Waals surface area contributed by atoms with E-state index in [1.165, 1.54) is 0 Å². The summed E-state index contributed by atoms with van der Waals surface area (Å²) >= 11 is 1.89. The zero-order valence-corrected chi connectivity index (χ0v) is 15.9. The minimum Gasteiger partial charge on any atom is -0.349 e. The highest BCUT2D eigenvalue weighted by Crippen LogP contribution is 2.52. The fourth-order valence-corrected chi connectivity index (χ4v) is 5.86. The van der Waals surface area contributed by atoms with Gasteiger partial charge in [0.15, 0.2) is 0 Å². The van der Waals surface area contributed by atoms with E-state index in [0.717, 1.165) is 30.0 Å². The van der Waals surface area contributed by atoms with Crippen LogP contribution < -0.4 is 5.32 Å². The molecule has 25 heavy (non-hydrogen) atoms. The highest BCUT2D eigenvalue weighted by molar-refractivity contribution is 8.02. The minimum absolute atomic E-state index is 0. The molecule has 0 radical (unpaired) electrons. The van der Waals surface area contributed by atoms with E-state index < -0.39 is 0 Å². The number of allylic oxidation sites excluding steroid dienone is 3. The van der Waals surface area contributed by atoms with Crippen molar-refractivity contribution >= 4 is 35.8 Å². The van der Waals surface area contributed by atoms with Gasteiger partial charge in [0.05, 0.1) is 22.4 Å². The summed E-state index contributed by atoms with van der Waals surface area (Å²) in [5.74, 6) is 1.46. The van der Waals surface area contributed by atoms with E-state index >= 15 is 0 Å². The normalized spacial score (nSPS) is 30.5. The molecule has 1 saturated heterocycles. The first-order valence-electron chi connectivity index (χ1n) is 8.61. The molecule has 1 fully saturated rings. The minimum atomic E-state index is -0.0784. The number of hydrogen-bond acceptors (Lipinski definition) is 3. The van der Waals surface area contributed by atoms with E-state index in [2.05, 4.69) is 48.7 Å². The van der Waals surface area contributed by atoms with Crippen LogP contribution in [-0.2, 0) is 4.79 Å². The molecule has 2 aliphatic heterocycles. The standard InChI is InChI=1S/C20H22N2OS.ClH/c1-14(15-7-3-2-4-8-15)22-19(23)16-13-24-20-11-6-5-9-18(20)21-12-10-17(16)20;/h2-9,11,14,16-17H,10,12-13H2,1H3,(H,22,23);1H. The van der Waals surface area contributed by atoms with Crippen LogP contribution in [0.15, 0.2) is 59.6 Å². The third kappa shape index (κ3) is 3.18. The van der Waals surface area contributed by atoms with Crippen molar-refractivity contribution in [2.45, 2.75) is 24.1 Å². The smallest absolute Gasteiger partial charge is 0.224 e. The van der Waals surface area contributed by atoms with Gasteiger partial charge in [0.25, 0.3) is 0 Å². The molecule has 132 valence electrons. The maximum Gasteiger partial charge on any atom is 0.224 e. The lowest BCUT2D eigenvalue weighted by Gasteiger charge is -2.38. The predicted molar refractivity (Wildman–Crippen MR) is 108 cm³/mol. The van der Waals surface area contributed by atoms with Crippen LogP contribution in [0.25, 0.3) is 0 Å². The lowest BCUT2D eigenvalue weighted by molar-refractivity contribution is -0.126. The van der Waals surface area contributed by atoms with E-state index in [0.29, 0.717) is 5.92 Å². The Labute approximate surface area is 159 Å². The van der Waals surface area contributed by atoms with Crippen LogP contribution in [-0.4, -0.2) is 28.7 Å². The molecule has 0 aromatic heterocycles. The SMILES string of the molecule is CC(NC(=O)C1CSC23C=CC=CC2=NCCC13)c1ccccc1.Cl. The monoisotopic (exact) mass is 374 g/mol. The predicted octanol–water partition coefficient (Wildman–Crippen LogP) is 3.97. The number of carbonyl (C=O) groups excluding carboxylic acids is 1. The molecule has 1 amide bonds. The zero-order chi connectivity index (χ0) is 16.6. The van der Waals surface area contributed by atoms with Crippen LogP contribution in [0.4, 0.5) is 0 Å². The molecular formula is C20H23ClN2OS. The van der Waals surface area contributed by atoms with Crippen molar-refractivity contribution in [1.82, 2.24) is 5.32 Å². The lowest BCUT2D eigenvalue weighted by Crippen LogP contribution is -2.46. The summed E-state index contributed by atoms with van der Waals surface area (Å²) in [6, 6.07) is 10.2. The number of nitrogens with one attached hydrogen (secondary N) is 1. The van der Waals surface area contributed by atoms with Gasteiger partial charge in [-0.25, -0.2) is 0 Å². The van der Waals surface area contributed by atoms with Crippen molar-refractivity contribution in [2.75, 3.05) is 12.3 Å². The Hall–Kier alpha value is -1.52. The van der Waals surface area contributed by atoms with Gasteiger partial charge >= 0.3 is 0 Å². The second kappa shape index (κ2) is 7.38. The number of carbonyl (C=O) groups is 1. The largest absolute Gasteiger partial charge is 0.349 e. The van der Waals surface area contributed by atoms with E-state index in [1.54, 1.807) is 0 Å². The van der Waals surface area contributed by atoms with Gasteiger partial charge in [-0.1, -0.05) is 48.6 Å². The molecule has 1 N–H and O–H groups in total. The van der Waals surface area contributed by atoms with Gasteiger partial charge in [0, 0.05) is 12.3 Å². The van der Waals surface area contributed by atoms with Crippen LogP contribution in [0.1, 0.15) is 24.9 Å². The summed E-state index contributed by atoms with van der Waals surface area (Å²) < 4.78 is -0.0784. The maximum absolute atomic E-state index is 12.9. The molecular weight excluding hydrogens is 352 g/mol. The maximum atomic E-state index is 12.9. The van der Waals surface area contributed by atoms with Crippen LogP contribution in [0.2, 0.25) is 0 Å². The number of amides is 1. The van der Waals surface area contributed by atoms with Gasteiger partial charge in [0.2, 0.25) is 5.91 Å². The van der Waals surface area contributed by atoms with E-state index in [1.807, 2.05) is 30.0 Å². The summed E-state index contributed by atoms with van der Waals surface area (Å²) in [5.41, 5.74) is 2.30. The van der Waals surface area contributed by atoms with Crippen molar-refractivity contribution in [1.29, 1.82) is 0 Å². The summed E-state index contributed by atoms with van der Waals surface area (Å²) in [6.45, 7) is 2.89. The van der Waals surface area contributed by atoms with Gasteiger partial charge in [-0.15, -0.1) is 24.2 Å². The molecule has 5 heteroatoms. The summed E-state index contributed by atoms with van der Waals surface area (Å²) in [4.78, 5) is 17.7. The highest BCUT2D eigenvalue weighted by atomic mass is 35.5. The molecule has 1 aromatic rings. The third-order valence-electron chi connectivity index (χ3n) is 5.36. The molecule has 3 aliphatic rings. The van der Waals surface area contributed by atoms with Gasteiger partial charge in [-0.3, -0.25) is 9.79 Å². The number of benzene rings is 1. The second-order valence-corrected chi connectivity index (χ2v) is 8.03. The first-order chi connectivity index (χ1) is 11.7. The number of hydrogen-bond donors (Lipinski definition) is 1. The molecule has 0 bridgehead atoms. The summed E-state index contributed by atoms with van der Waals surface area (Å²) in [7, 11) is 0. The number of nitrogens with zero attached hydrogens (tertiary/aromatic N) is 1. The zero-order valence-electron chi connectivity index (χ0n) is 14.2. The van der Waals surface area contributed by atoms with Gasteiger partial charge in [-0.2, -0.15) is 0 Å². The summed E-state index contributed by atoms with van der Waals surface area (Å²) in [5, 5.41) is 3.23. The first kappa shape index (κ1) is 18.3. The van der Waals surface area contributed by atoms with Gasteiger partial charge in [0.1, 0.15) is 0 Å². The van der Waals surface area contributed by atoms with Crippen molar-refractivity contribution in [2.24, 2.45) is 16.8 Å². The Morgan fingerprint density at radius 2 is 2.12 bits per heavy atom. The first-order valence-corrected chi connectivity index (χ1v) is 9.59. The molecule has 1 spiro atoms. The number of halogens is 1. The van der Waals surface area contributed by atoms with E-state index in [9.17, 15) is 4.79 Å². The third-order valence-corrected chi connectivity index (χ3v) is 7.02. The average molecular weight is 375 g/mol. The Bertz CT molecular complexity index is 730. The van der Waals surface area contributed by atoms with Crippen LogP contribution >= 0.6 is 24.2 Å². The van der Waals surface area contributed by atoms with Crippen molar-refractivity contribution in [3.63, 3.8) is 0 Å². The van der Waals surface area contributed by atoms with E-state index in [4.69, 9.17) is 4.99 Å². The number of aliphatic imine (C=N–C) groups is 1.